The number of rotatable bonds is 4. The number of ether oxygens (including phenoxy) is 1. The molecule has 2 N–H and O–H groups in total. The van der Waals surface area contributed by atoms with E-state index in [4.69, 9.17) is 27.9 Å². The highest BCUT2D eigenvalue weighted by atomic mass is 35.5. The molecule has 0 saturated carbocycles. The van der Waals surface area contributed by atoms with Crippen LogP contribution in [0, 0.1) is 11.6 Å². The summed E-state index contributed by atoms with van der Waals surface area (Å²) in [6, 6.07) is 9.70. The standard InChI is InChI=1S/C19H12Cl2F2N4O3S/c20-10-4-1-2-6-14(10)30-18-16(21)12(23)8-15-17(18)26-19(27-31(15,28)29)25-9-13-11(22)5-3-7-24-13/h1-8H,9H2,(H2,25,26,27). The van der Waals surface area contributed by atoms with Gasteiger partial charge in [0.2, 0.25) is 5.96 Å². The van der Waals surface area contributed by atoms with Gasteiger partial charge in [0, 0.05) is 6.20 Å². The summed E-state index contributed by atoms with van der Waals surface area (Å²) in [6.45, 7) is -0.261. The van der Waals surface area contributed by atoms with Gasteiger partial charge in [-0.2, -0.15) is 0 Å². The Morgan fingerprint density at radius 3 is 2.61 bits per heavy atom. The van der Waals surface area contributed by atoms with Crippen LogP contribution in [0.4, 0.5) is 14.5 Å². The molecule has 31 heavy (non-hydrogen) atoms. The van der Waals surface area contributed by atoms with E-state index in [-0.39, 0.29) is 40.4 Å². The first-order chi connectivity index (χ1) is 14.8. The van der Waals surface area contributed by atoms with Gasteiger partial charge in [0.15, 0.2) is 5.75 Å². The highest BCUT2D eigenvalue weighted by Gasteiger charge is 2.33. The Balaban J connectivity index is 1.78. The van der Waals surface area contributed by atoms with Crippen molar-refractivity contribution in [1.82, 2.24) is 9.71 Å². The van der Waals surface area contributed by atoms with E-state index >= 15 is 0 Å². The second kappa shape index (κ2) is 8.29. The number of pyridine rings is 1. The fourth-order valence-electron chi connectivity index (χ4n) is 2.73. The van der Waals surface area contributed by atoms with Crippen LogP contribution in [-0.2, 0) is 16.6 Å². The highest BCUT2D eigenvalue weighted by molar-refractivity contribution is 7.90. The van der Waals surface area contributed by atoms with E-state index in [0.717, 1.165) is 6.07 Å². The topological polar surface area (TPSA) is 92.7 Å². The van der Waals surface area contributed by atoms with Crippen LogP contribution in [-0.4, -0.2) is 19.4 Å². The minimum absolute atomic E-state index is 0.00599. The quantitative estimate of drug-likeness (QED) is 0.558. The molecule has 0 saturated heterocycles. The molecule has 0 spiro atoms. The van der Waals surface area contributed by atoms with E-state index in [9.17, 15) is 17.2 Å². The van der Waals surface area contributed by atoms with Crippen molar-refractivity contribution < 1.29 is 21.9 Å². The number of para-hydroxylation sites is 1. The number of halogens is 4. The lowest BCUT2D eigenvalue weighted by molar-refractivity contribution is 0.477. The molecule has 1 aromatic heterocycles. The summed E-state index contributed by atoms with van der Waals surface area (Å²) < 4.78 is 61.4. The molecule has 4 rings (SSSR count). The Labute approximate surface area is 185 Å². The van der Waals surface area contributed by atoms with E-state index in [0.29, 0.717) is 0 Å². The summed E-state index contributed by atoms with van der Waals surface area (Å²) >= 11 is 12.2. The van der Waals surface area contributed by atoms with Crippen molar-refractivity contribution in [2.75, 3.05) is 5.32 Å². The number of benzene rings is 2. The van der Waals surface area contributed by atoms with Crippen molar-refractivity contribution in [1.29, 1.82) is 0 Å². The predicted molar refractivity (Wildman–Crippen MR) is 112 cm³/mol. The van der Waals surface area contributed by atoms with Crippen LogP contribution >= 0.6 is 23.2 Å². The summed E-state index contributed by atoms with van der Waals surface area (Å²) in [5.41, 5.74) is -0.142. The molecule has 12 heteroatoms. The van der Waals surface area contributed by atoms with Gasteiger partial charge in [-0.3, -0.25) is 4.98 Å². The molecule has 0 bridgehead atoms. The maximum Gasteiger partial charge on any atom is 0.266 e. The van der Waals surface area contributed by atoms with Crippen LogP contribution < -0.4 is 14.8 Å². The number of nitrogens with one attached hydrogen (secondary N) is 2. The first-order valence-electron chi connectivity index (χ1n) is 8.64. The number of nitrogens with zero attached hydrogens (tertiary/aromatic N) is 2. The number of guanidine groups is 1. The van der Waals surface area contributed by atoms with E-state index in [1.165, 1.54) is 30.5 Å². The molecule has 1 aliphatic heterocycles. The summed E-state index contributed by atoms with van der Waals surface area (Å²) in [5, 5.41) is 2.45. The average Bonchev–Trinajstić information content (AvgIpc) is 2.72. The SMILES string of the molecule is O=S1(=O)NC(=NCc2ncccc2F)Nc2c1cc(F)c(Cl)c2Oc1ccccc1Cl. The zero-order valence-electron chi connectivity index (χ0n) is 15.4. The van der Waals surface area contributed by atoms with Gasteiger partial charge in [-0.1, -0.05) is 35.3 Å². The van der Waals surface area contributed by atoms with Gasteiger partial charge >= 0.3 is 0 Å². The Kier molecular flexibility index (Phi) is 5.69. The number of hydrogen-bond donors (Lipinski definition) is 2. The van der Waals surface area contributed by atoms with E-state index in [1.54, 1.807) is 12.1 Å². The van der Waals surface area contributed by atoms with E-state index in [1.807, 2.05) is 0 Å². The second-order valence-electron chi connectivity index (χ2n) is 6.23. The molecule has 1 aliphatic rings. The fourth-order valence-corrected chi connectivity index (χ4v) is 4.24. The monoisotopic (exact) mass is 484 g/mol. The van der Waals surface area contributed by atoms with Crippen molar-refractivity contribution in [3.8, 4) is 11.5 Å². The zero-order valence-corrected chi connectivity index (χ0v) is 17.7. The molecule has 0 atom stereocenters. The molecule has 0 amide bonds. The Morgan fingerprint density at radius 1 is 1.10 bits per heavy atom. The van der Waals surface area contributed by atoms with Crippen LogP contribution in [0.1, 0.15) is 5.69 Å². The van der Waals surface area contributed by atoms with Gasteiger partial charge in [-0.05, 0) is 30.3 Å². The number of fused-ring (bicyclic) bond motifs is 1. The van der Waals surface area contributed by atoms with Gasteiger partial charge in [-0.25, -0.2) is 26.9 Å². The van der Waals surface area contributed by atoms with Crippen LogP contribution in [0.5, 0.6) is 11.5 Å². The predicted octanol–water partition coefficient (Wildman–Crippen LogP) is 4.72. The van der Waals surface area contributed by atoms with Gasteiger partial charge in [0.05, 0.1) is 17.3 Å². The third-order valence-corrected chi connectivity index (χ3v) is 6.20. The summed E-state index contributed by atoms with van der Waals surface area (Å²) in [5.74, 6) is -2.02. The highest BCUT2D eigenvalue weighted by Crippen LogP contribution is 2.44. The lowest BCUT2D eigenvalue weighted by atomic mass is 10.2. The van der Waals surface area contributed by atoms with Crippen molar-refractivity contribution in [3.05, 3.63) is 76.0 Å². The number of aliphatic imine (C=N–C) groups is 1. The van der Waals surface area contributed by atoms with Crippen molar-refractivity contribution in [2.24, 2.45) is 4.99 Å². The number of hydrogen-bond acceptors (Lipinski definition) is 5. The lowest BCUT2D eigenvalue weighted by Crippen LogP contribution is -2.41. The molecule has 0 radical (unpaired) electrons. The molecule has 3 aromatic rings. The number of sulfonamides is 1. The van der Waals surface area contributed by atoms with E-state index in [2.05, 4.69) is 20.0 Å². The Bertz CT molecular complexity index is 1320. The first-order valence-corrected chi connectivity index (χ1v) is 10.9. The van der Waals surface area contributed by atoms with Crippen molar-refractivity contribution in [3.63, 3.8) is 0 Å². The summed E-state index contributed by atoms with van der Waals surface area (Å²) in [6.07, 6.45) is 1.38. The van der Waals surface area contributed by atoms with E-state index < -0.39 is 31.6 Å². The first kappa shape index (κ1) is 21.3. The smallest absolute Gasteiger partial charge is 0.266 e. The normalized spacial score (nSPS) is 15.7. The largest absolute Gasteiger partial charge is 0.452 e. The lowest BCUT2D eigenvalue weighted by Gasteiger charge is -2.24. The van der Waals surface area contributed by atoms with Crippen molar-refractivity contribution >= 4 is 44.9 Å². The van der Waals surface area contributed by atoms with Gasteiger partial charge in [0.25, 0.3) is 10.0 Å². The Hall–Kier alpha value is -2.95. The van der Waals surface area contributed by atoms with Crippen LogP contribution in [0.15, 0.2) is 58.5 Å². The minimum Gasteiger partial charge on any atom is -0.452 e. The average molecular weight is 485 g/mol. The molecule has 0 fully saturated rings. The third-order valence-electron chi connectivity index (χ3n) is 4.17. The third kappa shape index (κ3) is 4.27. The summed E-state index contributed by atoms with van der Waals surface area (Å²) in [7, 11) is -4.24. The molecule has 2 aromatic carbocycles. The van der Waals surface area contributed by atoms with Gasteiger partial charge in [0.1, 0.15) is 33.0 Å². The molecule has 0 unspecified atom stereocenters. The molecule has 2 heterocycles. The minimum atomic E-state index is -4.24. The van der Waals surface area contributed by atoms with Crippen LogP contribution in [0.2, 0.25) is 10.0 Å². The van der Waals surface area contributed by atoms with Gasteiger partial charge in [-0.15, -0.1) is 0 Å². The van der Waals surface area contributed by atoms with Crippen LogP contribution in [0.25, 0.3) is 0 Å². The molecular formula is C19H12Cl2F2N4O3S. The second-order valence-corrected chi connectivity index (χ2v) is 8.67. The van der Waals surface area contributed by atoms with Crippen LogP contribution in [0.3, 0.4) is 0 Å². The molecular weight excluding hydrogens is 473 g/mol. The number of anilines is 1. The number of aromatic nitrogens is 1. The van der Waals surface area contributed by atoms with Crippen molar-refractivity contribution in [2.45, 2.75) is 11.4 Å². The zero-order chi connectivity index (χ0) is 22.2. The Morgan fingerprint density at radius 2 is 1.87 bits per heavy atom. The maximum absolute atomic E-state index is 14.4. The summed E-state index contributed by atoms with van der Waals surface area (Å²) in [4.78, 5) is 7.43. The van der Waals surface area contributed by atoms with Gasteiger partial charge < -0.3 is 10.1 Å². The molecule has 0 aliphatic carbocycles. The molecule has 160 valence electrons. The fraction of sp³-hybridized carbons (Fsp3) is 0.0526. The molecule has 7 nitrogen and oxygen atoms in total. The maximum atomic E-state index is 14.4.